The van der Waals surface area contributed by atoms with Crippen molar-refractivity contribution in [2.24, 2.45) is 5.14 Å². The lowest BCUT2D eigenvalue weighted by Gasteiger charge is -2.05. The summed E-state index contributed by atoms with van der Waals surface area (Å²) in [6.07, 6.45) is 12.0. The van der Waals surface area contributed by atoms with Crippen molar-refractivity contribution in [3.05, 3.63) is 0 Å². The van der Waals surface area contributed by atoms with Crippen LogP contribution in [0.25, 0.3) is 0 Å². The van der Waals surface area contributed by atoms with E-state index < -0.39 is 10.0 Å². The van der Waals surface area contributed by atoms with Crippen molar-refractivity contribution in [2.45, 2.75) is 77.6 Å². The van der Waals surface area contributed by atoms with E-state index in [2.05, 4.69) is 12.2 Å². The monoisotopic (exact) mass is 320 g/mol. The van der Waals surface area contributed by atoms with Crippen molar-refractivity contribution in [1.82, 2.24) is 5.32 Å². The van der Waals surface area contributed by atoms with Gasteiger partial charge < -0.3 is 5.32 Å². The van der Waals surface area contributed by atoms with E-state index in [9.17, 15) is 13.2 Å². The van der Waals surface area contributed by atoms with Crippen LogP contribution in [0.1, 0.15) is 77.6 Å². The number of rotatable bonds is 14. The van der Waals surface area contributed by atoms with Crippen molar-refractivity contribution < 1.29 is 13.2 Å². The Morgan fingerprint density at radius 3 is 1.95 bits per heavy atom. The lowest BCUT2D eigenvalue weighted by atomic mass is 10.1. The van der Waals surface area contributed by atoms with Crippen LogP contribution < -0.4 is 10.5 Å². The number of primary sulfonamides is 1. The molecule has 0 fully saturated rings. The van der Waals surface area contributed by atoms with Gasteiger partial charge in [0.15, 0.2) is 0 Å². The third kappa shape index (κ3) is 17.3. The normalized spacial score (nSPS) is 11.5. The highest BCUT2D eigenvalue weighted by atomic mass is 32.2. The number of unbranched alkanes of at least 4 members (excludes halogenated alkanes) is 8. The first kappa shape index (κ1) is 20.4. The molecular weight excluding hydrogens is 288 g/mol. The second-order valence-corrected chi connectivity index (χ2v) is 7.38. The summed E-state index contributed by atoms with van der Waals surface area (Å²) < 4.78 is 21.4. The van der Waals surface area contributed by atoms with Gasteiger partial charge in [0, 0.05) is 13.0 Å². The fourth-order valence-electron chi connectivity index (χ4n) is 2.19. The summed E-state index contributed by atoms with van der Waals surface area (Å²) in [4.78, 5) is 11.5. The molecule has 0 spiro atoms. The zero-order chi connectivity index (χ0) is 16.0. The van der Waals surface area contributed by atoms with Crippen LogP contribution in [-0.2, 0) is 14.8 Å². The number of nitrogens with one attached hydrogen (secondary N) is 1. The summed E-state index contributed by atoms with van der Waals surface area (Å²) in [6.45, 7) is 2.60. The van der Waals surface area contributed by atoms with Crippen LogP contribution in [0, 0.1) is 0 Å². The molecule has 6 heteroatoms. The molecule has 0 radical (unpaired) electrons. The standard InChI is InChI=1S/C15H32N2O3S/c1-2-3-4-5-6-7-8-9-10-12-15(18)17-13-11-14-21(16,19)20/h2-14H2,1H3,(H,17,18)(H2,16,19,20). The molecule has 0 aliphatic carbocycles. The fourth-order valence-corrected chi connectivity index (χ4v) is 2.73. The molecule has 0 heterocycles. The van der Waals surface area contributed by atoms with Crippen LogP contribution in [0.5, 0.6) is 0 Å². The highest BCUT2D eigenvalue weighted by Crippen LogP contribution is 2.10. The number of sulfonamides is 1. The first-order valence-corrected chi connectivity index (χ1v) is 9.94. The fraction of sp³-hybridized carbons (Fsp3) is 0.933. The summed E-state index contributed by atoms with van der Waals surface area (Å²) in [6, 6.07) is 0. The molecule has 0 aliphatic heterocycles. The van der Waals surface area contributed by atoms with Crippen LogP contribution in [-0.4, -0.2) is 26.6 Å². The summed E-state index contributed by atoms with van der Waals surface area (Å²) in [5, 5.41) is 7.60. The van der Waals surface area contributed by atoms with Gasteiger partial charge in [-0.3, -0.25) is 4.79 Å². The average molecular weight is 320 g/mol. The number of amides is 1. The molecule has 5 nitrogen and oxygen atoms in total. The van der Waals surface area contributed by atoms with Crippen LogP contribution in [0.15, 0.2) is 0 Å². The van der Waals surface area contributed by atoms with Crippen molar-refractivity contribution in [1.29, 1.82) is 0 Å². The Kier molecular flexibility index (Phi) is 12.7. The van der Waals surface area contributed by atoms with Crippen molar-refractivity contribution in [2.75, 3.05) is 12.3 Å². The molecule has 3 N–H and O–H groups in total. The Balaban J connectivity index is 3.27. The largest absolute Gasteiger partial charge is 0.356 e. The van der Waals surface area contributed by atoms with Gasteiger partial charge in [-0.2, -0.15) is 0 Å². The molecule has 0 rings (SSSR count). The summed E-state index contributed by atoms with van der Waals surface area (Å²) in [5.74, 6) is -0.0712. The van der Waals surface area contributed by atoms with Gasteiger partial charge in [0.1, 0.15) is 0 Å². The van der Waals surface area contributed by atoms with E-state index in [4.69, 9.17) is 5.14 Å². The number of carbonyl (C=O) groups excluding carboxylic acids is 1. The van der Waals surface area contributed by atoms with Gasteiger partial charge >= 0.3 is 0 Å². The van der Waals surface area contributed by atoms with Crippen LogP contribution >= 0.6 is 0 Å². The molecule has 0 bridgehead atoms. The Bertz CT molecular complexity index is 356. The third-order valence-electron chi connectivity index (χ3n) is 3.44. The molecule has 0 aromatic heterocycles. The predicted octanol–water partition coefficient (Wildman–Crippen LogP) is 2.70. The second kappa shape index (κ2) is 13.1. The van der Waals surface area contributed by atoms with Gasteiger partial charge in [0.05, 0.1) is 5.75 Å². The molecule has 1 amide bonds. The SMILES string of the molecule is CCCCCCCCCCCC(=O)NCCCS(N)(=O)=O. The van der Waals surface area contributed by atoms with Crippen molar-refractivity contribution in [3.8, 4) is 0 Å². The first-order valence-electron chi connectivity index (χ1n) is 8.23. The minimum absolute atomic E-state index is 0.00682. The zero-order valence-corrected chi connectivity index (χ0v) is 14.2. The van der Waals surface area contributed by atoms with Crippen LogP contribution in [0.4, 0.5) is 0 Å². The minimum Gasteiger partial charge on any atom is -0.356 e. The van der Waals surface area contributed by atoms with Crippen LogP contribution in [0.2, 0.25) is 0 Å². The molecule has 0 unspecified atom stereocenters. The molecule has 0 saturated carbocycles. The Hall–Kier alpha value is -0.620. The Labute approximate surface area is 130 Å². The molecule has 0 aromatic carbocycles. The maximum Gasteiger partial charge on any atom is 0.219 e. The molecular formula is C15H32N2O3S. The van der Waals surface area contributed by atoms with Crippen molar-refractivity contribution >= 4 is 15.9 Å². The van der Waals surface area contributed by atoms with E-state index in [0.717, 1.165) is 12.8 Å². The number of hydrogen-bond donors (Lipinski definition) is 2. The lowest BCUT2D eigenvalue weighted by molar-refractivity contribution is -0.121. The molecule has 0 aliphatic rings. The summed E-state index contributed by atoms with van der Waals surface area (Å²) >= 11 is 0. The Morgan fingerprint density at radius 2 is 1.43 bits per heavy atom. The van der Waals surface area contributed by atoms with Gasteiger partial charge in [-0.1, -0.05) is 58.3 Å². The summed E-state index contributed by atoms with van der Waals surface area (Å²) in [7, 11) is -3.41. The highest BCUT2D eigenvalue weighted by molar-refractivity contribution is 7.89. The van der Waals surface area contributed by atoms with E-state index >= 15 is 0 Å². The average Bonchev–Trinajstić information content (AvgIpc) is 2.41. The van der Waals surface area contributed by atoms with Gasteiger partial charge in [-0.15, -0.1) is 0 Å². The number of hydrogen-bond acceptors (Lipinski definition) is 3. The smallest absolute Gasteiger partial charge is 0.219 e. The van der Waals surface area contributed by atoms with Crippen LogP contribution in [0.3, 0.4) is 0 Å². The highest BCUT2D eigenvalue weighted by Gasteiger charge is 2.04. The number of carbonyl (C=O) groups is 1. The van der Waals surface area contributed by atoms with E-state index in [1.165, 1.54) is 44.9 Å². The minimum atomic E-state index is -3.41. The Morgan fingerprint density at radius 1 is 0.905 bits per heavy atom. The molecule has 0 atom stereocenters. The molecule has 126 valence electrons. The second-order valence-electron chi connectivity index (χ2n) is 5.65. The molecule has 0 saturated heterocycles. The molecule has 0 aromatic rings. The maximum absolute atomic E-state index is 11.5. The maximum atomic E-state index is 11.5. The topological polar surface area (TPSA) is 89.3 Å². The quantitative estimate of drug-likeness (QED) is 0.482. The lowest BCUT2D eigenvalue weighted by Crippen LogP contribution is -2.27. The summed E-state index contributed by atoms with van der Waals surface area (Å²) in [5.41, 5.74) is 0. The zero-order valence-electron chi connectivity index (χ0n) is 13.4. The number of nitrogens with two attached hydrogens (primary N) is 1. The van der Waals surface area contributed by atoms with Gasteiger partial charge in [-0.25, -0.2) is 13.6 Å². The third-order valence-corrected chi connectivity index (χ3v) is 4.29. The van der Waals surface area contributed by atoms with E-state index in [1.807, 2.05) is 0 Å². The molecule has 21 heavy (non-hydrogen) atoms. The van der Waals surface area contributed by atoms with Gasteiger partial charge in [0.2, 0.25) is 15.9 Å². The first-order chi connectivity index (χ1) is 9.95. The van der Waals surface area contributed by atoms with Crippen molar-refractivity contribution in [3.63, 3.8) is 0 Å². The van der Waals surface area contributed by atoms with E-state index in [-0.39, 0.29) is 11.7 Å². The van der Waals surface area contributed by atoms with Gasteiger partial charge in [0.25, 0.3) is 0 Å². The van der Waals surface area contributed by atoms with E-state index in [0.29, 0.717) is 19.4 Å². The predicted molar refractivity (Wildman–Crippen MR) is 87.4 cm³/mol. The van der Waals surface area contributed by atoms with Gasteiger partial charge in [-0.05, 0) is 12.8 Å². The van der Waals surface area contributed by atoms with E-state index in [1.54, 1.807) is 0 Å².